The van der Waals surface area contributed by atoms with E-state index in [4.69, 9.17) is 21.5 Å². The van der Waals surface area contributed by atoms with Gasteiger partial charge in [0.1, 0.15) is 17.7 Å². The number of nitrogens with zero attached hydrogens (tertiary/aromatic N) is 4. The Balaban J connectivity index is 3.12. The molecule has 1 atom stereocenters. The fraction of sp³-hybridized carbons (Fsp3) is 0.364. The zero-order chi connectivity index (χ0) is 13.7. The van der Waals surface area contributed by atoms with Gasteiger partial charge in [0.2, 0.25) is 11.8 Å². The summed E-state index contributed by atoms with van der Waals surface area (Å²) in [7, 11) is 0. The second kappa shape index (κ2) is 5.47. The lowest BCUT2D eigenvalue weighted by atomic mass is 10.1. The van der Waals surface area contributed by atoms with Gasteiger partial charge in [0.15, 0.2) is 0 Å². The summed E-state index contributed by atoms with van der Waals surface area (Å²) < 4.78 is 0. The minimum atomic E-state index is -0.648. The Morgan fingerprint density at radius 3 is 2.39 bits per heavy atom. The largest absolute Gasteiger partial charge is 0.369 e. The second-order valence-electron chi connectivity index (χ2n) is 3.69. The molecule has 0 aliphatic carbocycles. The Labute approximate surface area is 103 Å². The quantitative estimate of drug-likeness (QED) is 0.668. The SMILES string of the molecule is N#CCC(=C(C#N)C#N)N1CC(C(N)=O)CC1=O. The van der Waals surface area contributed by atoms with Gasteiger partial charge in [0.25, 0.3) is 0 Å². The maximum atomic E-state index is 11.7. The van der Waals surface area contributed by atoms with E-state index >= 15 is 0 Å². The van der Waals surface area contributed by atoms with Gasteiger partial charge >= 0.3 is 0 Å². The molecule has 1 heterocycles. The van der Waals surface area contributed by atoms with Crippen LogP contribution < -0.4 is 5.73 Å². The van der Waals surface area contributed by atoms with E-state index < -0.39 is 17.7 Å². The first-order valence-electron chi connectivity index (χ1n) is 5.05. The summed E-state index contributed by atoms with van der Waals surface area (Å²) in [4.78, 5) is 23.8. The summed E-state index contributed by atoms with van der Waals surface area (Å²) in [6, 6.07) is 5.06. The summed E-state index contributed by atoms with van der Waals surface area (Å²) in [5.41, 5.74) is 4.85. The Morgan fingerprint density at radius 2 is 2.00 bits per heavy atom. The Hall–Kier alpha value is -2.85. The molecule has 2 amide bonds. The molecule has 1 saturated heterocycles. The molecule has 0 radical (unpaired) electrons. The van der Waals surface area contributed by atoms with Crippen molar-refractivity contribution >= 4 is 11.8 Å². The highest BCUT2D eigenvalue weighted by molar-refractivity contribution is 5.89. The van der Waals surface area contributed by atoms with Crippen LogP contribution >= 0.6 is 0 Å². The molecular weight excluding hydrogens is 234 g/mol. The maximum Gasteiger partial charge on any atom is 0.227 e. The third kappa shape index (κ3) is 2.45. The van der Waals surface area contributed by atoms with Crippen molar-refractivity contribution in [2.45, 2.75) is 12.8 Å². The molecule has 0 spiro atoms. The number of hydrogen-bond acceptors (Lipinski definition) is 5. The van der Waals surface area contributed by atoms with Crippen LogP contribution in [0.25, 0.3) is 0 Å². The van der Waals surface area contributed by atoms with Crippen molar-refractivity contribution in [3.05, 3.63) is 11.3 Å². The number of likely N-dealkylation sites (tertiary alicyclic amines) is 1. The molecule has 7 nitrogen and oxygen atoms in total. The molecule has 1 rings (SSSR count). The third-order valence-electron chi connectivity index (χ3n) is 2.61. The highest BCUT2D eigenvalue weighted by Crippen LogP contribution is 2.25. The number of allylic oxidation sites excluding steroid dienone is 2. The number of primary amides is 1. The zero-order valence-electron chi connectivity index (χ0n) is 9.38. The summed E-state index contributed by atoms with van der Waals surface area (Å²) >= 11 is 0. The van der Waals surface area contributed by atoms with Gasteiger partial charge in [0.05, 0.1) is 24.1 Å². The van der Waals surface area contributed by atoms with Crippen LogP contribution in [0, 0.1) is 39.9 Å². The number of carbonyl (C=O) groups excluding carboxylic acids is 2. The van der Waals surface area contributed by atoms with Crippen LogP contribution in [-0.2, 0) is 9.59 Å². The summed E-state index contributed by atoms with van der Waals surface area (Å²) in [5.74, 6) is -1.67. The molecule has 0 saturated carbocycles. The molecule has 1 unspecified atom stereocenters. The number of nitrogens with two attached hydrogens (primary N) is 1. The van der Waals surface area contributed by atoms with Crippen LogP contribution in [0.3, 0.4) is 0 Å². The maximum absolute atomic E-state index is 11.7. The summed E-state index contributed by atoms with van der Waals surface area (Å²) in [6.45, 7) is 0.0119. The Bertz CT molecular complexity index is 527. The average molecular weight is 243 g/mol. The first-order chi connectivity index (χ1) is 8.54. The van der Waals surface area contributed by atoms with Gasteiger partial charge in [-0.2, -0.15) is 15.8 Å². The minimum absolute atomic E-state index is 0.0119. The van der Waals surface area contributed by atoms with Crippen LogP contribution in [0.1, 0.15) is 12.8 Å². The van der Waals surface area contributed by atoms with Crippen LogP contribution in [0.2, 0.25) is 0 Å². The van der Waals surface area contributed by atoms with E-state index in [0.717, 1.165) is 4.90 Å². The minimum Gasteiger partial charge on any atom is -0.369 e. The average Bonchev–Trinajstić information content (AvgIpc) is 2.72. The molecule has 0 aromatic rings. The van der Waals surface area contributed by atoms with E-state index in [2.05, 4.69) is 0 Å². The molecular formula is C11H9N5O2. The monoisotopic (exact) mass is 243 g/mol. The number of carbonyl (C=O) groups is 2. The number of nitriles is 3. The first kappa shape index (κ1) is 13.2. The van der Waals surface area contributed by atoms with Gasteiger partial charge in [-0.1, -0.05) is 0 Å². The first-order valence-corrected chi connectivity index (χ1v) is 5.05. The van der Waals surface area contributed by atoms with E-state index in [0.29, 0.717) is 0 Å². The highest BCUT2D eigenvalue weighted by atomic mass is 16.2. The van der Waals surface area contributed by atoms with Gasteiger partial charge < -0.3 is 10.6 Å². The normalized spacial score (nSPS) is 17.5. The number of rotatable bonds is 3. The lowest BCUT2D eigenvalue weighted by Crippen LogP contribution is -2.28. The molecule has 1 aliphatic rings. The van der Waals surface area contributed by atoms with Crippen molar-refractivity contribution in [2.75, 3.05) is 6.54 Å². The summed E-state index contributed by atoms with van der Waals surface area (Å²) in [6.07, 6.45) is -0.303. The fourth-order valence-electron chi connectivity index (χ4n) is 1.71. The van der Waals surface area contributed by atoms with Crippen molar-refractivity contribution < 1.29 is 9.59 Å². The van der Waals surface area contributed by atoms with Gasteiger partial charge in [0, 0.05) is 13.0 Å². The standard InChI is InChI=1S/C11H9N5O2/c12-2-1-9(8(4-13)5-14)16-6-7(11(15)18)3-10(16)17/h7H,1,3,6H2,(H2,15,18). The Kier molecular flexibility index (Phi) is 4.02. The van der Waals surface area contributed by atoms with Crippen molar-refractivity contribution in [3.8, 4) is 18.2 Å². The predicted molar refractivity (Wildman–Crippen MR) is 57.5 cm³/mol. The van der Waals surface area contributed by atoms with E-state index in [1.165, 1.54) is 0 Å². The zero-order valence-corrected chi connectivity index (χ0v) is 9.38. The lowest BCUT2D eigenvalue weighted by molar-refractivity contribution is -0.127. The third-order valence-corrected chi connectivity index (χ3v) is 2.61. The molecule has 2 N–H and O–H groups in total. The van der Waals surface area contributed by atoms with Gasteiger partial charge in [-0.25, -0.2) is 0 Å². The smallest absolute Gasteiger partial charge is 0.227 e. The molecule has 0 aromatic carbocycles. The molecule has 90 valence electrons. The van der Waals surface area contributed by atoms with Crippen molar-refractivity contribution in [1.29, 1.82) is 15.8 Å². The molecule has 1 aliphatic heterocycles. The number of amides is 2. The van der Waals surface area contributed by atoms with Crippen LogP contribution in [0.5, 0.6) is 0 Å². The van der Waals surface area contributed by atoms with Crippen molar-refractivity contribution in [2.24, 2.45) is 11.7 Å². The van der Waals surface area contributed by atoms with Crippen molar-refractivity contribution in [1.82, 2.24) is 4.90 Å². The van der Waals surface area contributed by atoms with E-state index in [1.54, 1.807) is 18.2 Å². The molecule has 0 bridgehead atoms. The van der Waals surface area contributed by atoms with Crippen LogP contribution in [0.15, 0.2) is 11.3 Å². The van der Waals surface area contributed by atoms with E-state index in [9.17, 15) is 9.59 Å². The van der Waals surface area contributed by atoms with Crippen molar-refractivity contribution in [3.63, 3.8) is 0 Å². The lowest BCUT2D eigenvalue weighted by Gasteiger charge is -2.17. The molecule has 7 heteroatoms. The highest BCUT2D eigenvalue weighted by Gasteiger charge is 2.35. The van der Waals surface area contributed by atoms with Gasteiger partial charge in [-0.3, -0.25) is 9.59 Å². The van der Waals surface area contributed by atoms with Gasteiger partial charge in [-0.05, 0) is 0 Å². The van der Waals surface area contributed by atoms with Crippen LogP contribution in [0.4, 0.5) is 0 Å². The second-order valence-corrected chi connectivity index (χ2v) is 3.69. The molecule has 0 aromatic heterocycles. The predicted octanol–water partition coefficient (Wildman–Crippen LogP) is -0.465. The fourth-order valence-corrected chi connectivity index (χ4v) is 1.71. The number of hydrogen-bond donors (Lipinski definition) is 1. The summed E-state index contributed by atoms with van der Waals surface area (Å²) in [5, 5.41) is 26.2. The topological polar surface area (TPSA) is 135 Å². The Morgan fingerprint density at radius 1 is 1.39 bits per heavy atom. The molecule has 18 heavy (non-hydrogen) atoms. The van der Waals surface area contributed by atoms with Gasteiger partial charge in [-0.15, -0.1) is 0 Å². The van der Waals surface area contributed by atoms with E-state index in [-0.39, 0.29) is 30.7 Å². The van der Waals surface area contributed by atoms with E-state index in [1.807, 2.05) is 0 Å². The molecule has 1 fully saturated rings. The van der Waals surface area contributed by atoms with Crippen LogP contribution in [-0.4, -0.2) is 23.3 Å².